The van der Waals surface area contributed by atoms with Gasteiger partial charge in [0.25, 0.3) is 0 Å². The number of thiophene rings is 1. The zero-order valence-corrected chi connectivity index (χ0v) is 15.1. The van der Waals surface area contributed by atoms with Gasteiger partial charge in [0.05, 0.1) is 17.6 Å². The standard InChI is InChI=1S/C12H19Cl2NO4S2/c1-3-18-7-5-15(6-8-19-4-2)21(16,17)10-9-11(13)20-12(10)14/h9H,3-8H2,1-2H3. The minimum absolute atomic E-state index is 0.0344. The Morgan fingerprint density at radius 3 is 2.05 bits per heavy atom. The number of hydrogen-bond donors (Lipinski definition) is 0. The van der Waals surface area contributed by atoms with Crippen molar-refractivity contribution in [3.05, 3.63) is 14.7 Å². The molecule has 0 saturated carbocycles. The maximum atomic E-state index is 12.6. The Hall–Kier alpha value is 0.110. The Morgan fingerprint density at radius 2 is 1.67 bits per heavy atom. The van der Waals surface area contributed by atoms with Crippen molar-refractivity contribution in [2.45, 2.75) is 18.7 Å². The predicted molar refractivity (Wildman–Crippen MR) is 86.1 cm³/mol. The predicted octanol–water partition coefficient (Wildman–Crippen LogP) is 3.12. The second kappa shape index (κ2) is 9.29. The Balaban J connectivity index is 2.90. The Labute approximate surface area is 139 Å². The van der Waals surface area contributed by atoms with Gasteiger partial charge in [-0.15, -0.1) is 11.3 Å². The first-order valence-electron chi connectivity index (χ1n) is 6.53. The molecule has 1 aromatic rings. The highest BCUT2D eigenvalue weighted by atomic mass is 35.5. The molecule has 0 spiro atoms. The molecule has 0 aliphatic heterocycles. The fourth-order valence-electron chi connectivity index (χ4n) is 1.61. The lowest BCUT2D eigenvalue weighted by Gasteiger charge is -2.21. The Kier molecular flexibility index (Phi) is 8.48. The summed E-state index contributed by atoms with van der Waals surface area (Å²) in [5, 5.41) is 0. The zero-order valence-electron chi connectivity index (χ0n) is 12.0. The molecule has 0 aliphatic carbocycles. The number of rotatable bonds is 10. The molecule has 5 nitrogen and oxygen atoms in total. The van der Waals surface area contributed by atoms with Crippen molar-refractivity contribution >= 4 is 44.6 Å². The van der Waals surface area contributed by atoms with Gasteiger partial charge < -0.3 is 9.47 Å². The molecule has 1 heterocycles. The van der Waals surface area contributed by atoms with E-state index in [4.69, 9.17) is 32.7 Å². The zero-order chi connectivity index (χ0) is 15.9. The lowest BCUT2D eigenvalue weighted by atomic mass is 10.6. The van der Waals surface area contributed by atoms with Crippen LogP contribution >= 0.6 is 34.5 Å². The van der Waals surface area contributed by atoms with Gasteiger partial charge in [0.2, 0.25) is 10.0 Å². The second-order valence-corrected chi connectivity index (χ2v) is 8.18. The van der Waals surface area contributed by atoms with Gasteiger partial charge in [0.15, 0.2) is 0 Å². The van der Waals surface area contributed by atoms with E-state index in [0.717, 1.165) is 11.3 Å². The molecule has 1 rings (SSSR count). The van der Waals surface area contributed by atoms with E-state index in [-0.39, 0.29) is 22.3 Å². The molecule has 0 fully saturated rings. The first-order chi connectivity index (χ1) is 9.93. The van der Waals surface area contributed by atoms with Crippen LogP contribution in [-0.2, 0) is 19.5 Å². The minimum Gasteiger partial charge on any atom is -0.380 e. The Bertz CT molecular complexity index is 523. The molecule has 0 amide bonds. The summed E-state index contributed by atoms with van der Waals surface area (Å²) in [5.41, 5.74) is 0. The van der Waals surface area contributed by atoms with Gasteiger partial charge in [-0.25, -0.2) is 8.42 Å². The lowest BCUT2D eigenvalue weighted by molar-refractivity contribution is 0.110. The maximum Gasteiger partial charge on any atom is 0.245 e. The van der Waals surface area contributed by atoms with E-state index in [1.54, 1.807) is 0 Å². The fraction of sp³-hybridized carbons (Fsp3) is 0.667. The lowest BCUT2D eigenvalue weighted by Crippen LogP contribution is -2.36. The van der Waals surface area contributed by atoms with Crippen LogP contribution in [0, 0.1) is 0 Å². The van der Waals surface area contributed by atoms with E-state index in [9.17, 15) is 8.42 Å². The van der Waals surface area contributed by atoms with Crippen LogP contribution in [0.5, 0.6) is 0 Å². The van der Waals surface area contributed by atoms with E-state index in [1.165, 1.54) is 10.4 Å². The summed E-state index contributed by atoms with van der Waals surface area (Å²) in [6.45, 7) is 5.90. The van der Waals surface area contributed by atoms with Crippen LogP contribution in [-0.4, -0.2) is 52.2 Å². The molecule has 0 saturated heterocycles. The average Bonchev–Trinajstić information content (AvgIpc) is 2.77. The summed E-state index contributed by atoms with van der Waals surface area (Å²) in [4.78, 5) is 0.0344. The van der Waals surface area contributed by atoms with Crippen LogP contribution in [0.4, 0.5) is 0 Å². The van der Waals surface area contributed by atoms with Gasteiger partial charge >= 0.3 is 0 Å². The third-order valence-electron chi connectivity index (χ3n) is 2.62. The molecule has 0 N–H and O–H groups in total. The summed E-state index contributed by atoms with van der Waals surface area (Å²) >= 11 is 12.8. The third-order valence-corrected chi connectivity index (χ3v) is 6.27. The highest BCUT2D eigenvalue weighted by Gasteiger charge is 2.28. The van der Waals surface area contributed by atoms with Gasteiger partial charge in [0, 0.05) is 26.3 Å². The summed E-state index contributed by atoms with van der Waals surface area (Å²) in [7, 11) is -3.70. The highest BCUT2D eigenvalue weighted by molar-refractivity contribution is 7.89. The van der Waals surface area contributed by atoms with Crippen LogP contribution < -0.4 is 0 Å². The van der Waals surface area contributed by atoms with Crippen molar-refractivity contribution in [3.63, 3.8) is 0 Å². The van der Waals surface area contributed by atoms with E-state index in [1.807, 2.05) is 13.8 Å². The Morgan fingerprint density at radius 1 is 1.14 bits per heavy atom. The molecule has 21 heavy (non-hydrogen) atoms. The highest BCUT2D eigenvalue weighted by Crippen LogP contribution is 2.35. The molecule has 0 unspecified atom stereocenters. The van der Waals surface area contributed by atoms with E-state index < -0.39 is 10.0 Å². The maximum absolute atomic E-state index is 12.6. The molecule has 0 bridgehead atoms. The SMILES string of the molecule is CCOCCN(CCOCC)S(=O)(=O)c1cc(Cl)sc1Cl. The summed E-state index contributed by atoms with van der Waals surface area (Å²) < 4.78 is 37.5. The van der Waals surface area contributed by atoms with E-state index in [2.05, 4.69) is 0 Å². The smallest absolute Gasteiger partial charge is 0.245 e. The molecule has 0 atom stereocenters. The van der Waals surface area contributed by atoms with Crippen molar-refractivity contribution in [2.75, 3.05) is 39.5 Å². The van der Waals surface area contributed by atoms with Crippen molar-refractivity contribution in [3.8, 4) is 0 Å². The van der Waals surface area contributed by atoms with Gasteiger partial charge in [-0.05, 0) is 19.9 Å². The quantitative estimate of drug-likeness (QED) is 0.589. The van der Waals surface area contributed by atoms with Crippen molar-refractivity contribution in [2.24, 2.45) is 0 Å². The van der Waals surface area contributed by atoms with E-state index >= 15 is 0 Å². The van der Waals surface area contributed by atoms with Gasteiger partial charge in [-0.2, -0.15) is 4.31 Å². The van der Waals surface area contributed by atoms with E-state index in [0.29, 0.717) is 30.8 Å². The summed E-state index contributed by atoms with van der Waals surface area (Å²) in [6, 6.07) is 1.37. The minimum atomic E-state index is -3.70. The average molecular weight is 376 g/mol. The first kappa shape index (κ1) is 19.2. The van der Waals surface area contributed by atoms with Crippen molar-refractivity contribution in [1.82, 2.24) is 4.31 Å². The van der Waals surface area contributed by atoms with Crippen LogP contribution in [0.25, 0.3) is 0 Å². The van der Waals surface area contributed by atoms with Gasteiger partial charge in [0.1, 0.15) is 9.23 Å². The molecule has 0 aromatic carbocycles. The van der Waals surface area contributed by atoms with Crippen LogP contribution in [0.15, 0.2) is 11.0 Å². The topological polar surface area (TPSA) is 55.8 Å². The molecular formula is C12H19Cl2NO4S2. The third kappa shape index (κ3) is 5.67. The molecule has 122 valence electrons. The van der Waals surface area contributed by atoms with Gasteiger partial charge in [-0.1, -0.05) is 23.2 Å². The number of nitrogens with zero attached hydrogens (tertiary/aromatic N) is 1. The van der Waals surface area contributed by atoms with Crippen molar-refractivity contribution in [1.29, 1.82) is 0 Å². The van der Waals surface area contributed by atoms with Crippen LogP contribution in [0.1, 0.15) is 13.8 Å². The normalized spacial score (nSPS) is 12.2. The first-order valence-corrected chi connectivity index (χ1v) is 9.55. The monoisotopic (exact) mass is 375 g/mol. The molecule has 1 aromatic heterocycles. The van der Waals surface area contributed by atoms with Gasteiger partial charge in [-0.3, -0.25) is 0 Å². The number of sulfonamides is 1. The molecule has 0 aliphatic rings. The summed E-state index contributed by atoms with van der Waals surface area (Å²) in [5.74, 6) is 0. The number of hydrogen-bond acceptors (Lipinski definition) is 5. The number of ether oxygens (including phenoxy) is 2. The van der Waals surface area contributed by atoms with Crippen molar-refractivity contribution < 1.29 is 17.9 Å². The second-order valence-electron chi connectivity index (χ2n) is 3.99. The largest absolute Gasteiger partial charge is 0.380 e. The summed E-state index contributed by atoms with van der Waals surface area (Å²) in [6.07, 6.45) is 0. The molecular weight excluding hydrogens is 357 g/mol. The van der Waals surface area contributed by atoms with Crippen LogP contribution in [0.2, 0.25) is 8.67 Å². The fourth-order valence-corrected chi connectivity index (χ4v) is 5.13. The van der Waals surface area contributed by atoms with Crippen LogP contribution in [0.3, 0.4) is 0 Å². The molecule has 0 radical (unpaired) electrons. The number of halogens is 2. The molecule has 9 heteroatoms.